The van der Waals surface area contributed by atoms with Gasteiger partial charge < -0.3 is 4.74 Å². The van der Waals surface area contributed by atoms with Crippen molar-refractivity contribution in [3.63, 3.8) is 0 Å². The van der Waals surface area contributed by atoms with Crippen molar-refractivity contribution in [1.29, 1.82) is 0 Å². The highest BCUT2D eigenvalue weighted by molar-refractivity contribution is 5.94. The van der Waals surface area contributed by atoms with Gasteiger partial charge in [-0.05, 0) is 91.4 Å². The third-order valence-corrected chi connectivity index (χ3v) is 10.4. The Morgan fingerprint density at radius 1 is 1.03 bits per heavy atom. The number of hydrogen-bond acceptors (Lipinski definition) is 2. The van der Waals surface area contributed by atoms with Crippen LogP contribution in [0.2, 0.25) is 0 Å². The molecule has 0 amide bonds. The molecule has 0 spiro atoms. The number of ether oxygens (including phenoxy) is 1. The van der Waals surface area contributed by atoms with E-state index in [1.807, 2.05) is 7.11 Å². The predicted molar refractivity (Wildman–Crippen MR) is 124 cm³/mol. The van der Waals surface area contributed by atoms with Crippen molar-refractivity contribution in [3.05, 3.63) is 11.6 Å². The lowest BCUT2D eigenvalue weighted by atomic mass is 9.46. The predicted octanol–water partition coefficient (Wildman–Crippen LogP) is 7.22. The fourth-order valence-electron chi connectivity index (χ4n) is 8.59. The molecule has 0 radical (unpaired) electrons. The van der Waals surface area contributed by atoms with Crippen LogP contribution in [0.15, 0.2) is 11.6 Å². The summed E-state index contributed by atoms with van der Waals surface area (Å²) in [5.74, 6) is 4.35. The highest BCUT2D eigenvalue weighted by Gasteiger charge is 2.61. The van der Waals surface area contributed by atoms with Crippen molar-refractivity contribution in [3.8, 4) is 0 Å². The Morgan fingerprint density at radius 3 is 2.50 bits per heavy atom. The average molecular weight is 415 g/mol. The molecule has 30 heavy (non-hydrogen) atoms. The zero-order chi connectivity index (χ0) is 21.7. The molecule has 170 valence electrons. The SMILES string of the molecule is CO[C@H]1CC[C@@]2(C)C(=CC(=O)[C@@H]3[C@H]4CC[C@H]([C@H](C)CCCC(C)C)[C@@]4(C)CC[C@@H]32)C1. The first-order chi connectivity index (χ1) is 14.2. The Kier molecular flexibility index (Phi) is 6.30. The Labute approximate surface area is 185 Å². The molecule has 3 fully saturated rings. The molecule has 4 aliphatic rings. The lowest BCUT2D eigenvalue weighted by Crippen LogP contribution is -2.53. The lowest BCUT2D eigenvalue weighted by molar-refractivity contribution is -0.135. The number of hydrogen-bond donors (Lipinski definition) is 0. The van der Waals surface area contributed by atoms with Crippen LogP contribution in [0.25, 0.3) is 0 Å². The van der Waals surface area contributed by atoms with Crippen LogP contribution in [0.1, 0.15) is 98.8 Å². The third kappa shape index (κ3) is 3.63. The largest absolute Gasteiger partial charge is 0.381 e. The molecule has 0 N–H and O–H groups in total. The van der Waals surface area contributed by atoms with E-state index in [0.717, 1.165) is 30.6 Å². The quantitative estimate of drug-likeness (QED) is 0.458. The summed E-state index contributed by atoms with van der Waals surface area (Å²) in [6, 6.07) is 0. The summed E-state index contributed by atoms with van der Waals surface area (Å²) in [4.78, 5) is 13.5. The molecule has 0 saturated heterocycles. The Bertz CT molecular complexity index is 678. The van der Waals surface area contributed by atoms with E-state index in [1.165, 1.54) is 56.9 Å². The molecular formula is C28H46O2. The van der Waals surface area contributed by atoms with Crippen molar-refractivity contribution in [2.24, 2.45) is 46.3 Å². The van der Waals surface area contributed by atoms with Gasteiger partial charge in [0, 0.05) is 13.0 Å². The molecule has 0 aromatic carbocycles. The number of carbonyl (C=O) groups excluding carboxylic acids is 1. The van der Waals surface area contributed by atoms with Crippen molar-refractivity contribution in [1.82, 2.24) is 0 Å². The standard InChI is InChI=1S/C28H46O2/c1-18(2)8-7-9-19(3)22-10-11-23-26-24(13-15-28(22,23)5)27(4)14-12-21(30-6)16-20(27)17-25(26)29/h17-19,21-24,26H,7-16H2,1-6H3/t19-,21+,22-,23-,24+,26-,27+,28-/m1/s1. The van der Waals surface area contributed by atoms with Gasteiger partial charge in [-0.3, -0.25) is 4.79 Å². The zero-order valence-electron chi connectivity index (χ0n) is 20.5. The van der Waals surface area contributed by atoms with Crippen LogP contribution in [0, 0.1) is 46.3 Å². The van der Waals surface area contributed by atoms with Crippen LogP contribution >= 0.6 is 0 Å². The van der Waals surface area contributed by atoms with Crippen LogP contribution < -0.4 is 0 Å². The molecule has 0 aromatic heterocycles. The van der Waals surface area contributed by atoms with Gasteiger partial charge in [0.1, 0.15) is 0 Å². The minimum atomic E-state index is 0.232. The lowest BCUT2D eigenvalue weighted by Gasteiger charge is -2.57. The van der Waals surface area contributed by atoms with E-state index in [9.17, 15) is 4.79 Å². The summed E-state index contributed by atoms with van der Waals surface area (Å²) in [6.45, 7) is 12.3. The molecule has 2 nitrogen and oxygen atoms in total. The normalized spacial score (nSPS) is 44.3. The summed E-state index contributed by atoms with van der Waals surface area (Å²) in [6.07, 6.45) is 15.0. The highest BCUT2D eigenvalue weighted by Crippen LogP contribution is 2.66. The van der Waals surface area contributed by atoms with Gasteiger partial charge in [-0.25, -0.2) is 0 Å². The van der Waals surface area contributed by atoms with E-state index in [4.69, 9.17) is 4.74 Å². The summed E-state index contributed by atoms with van der Waals surface area (Å²) >= 11 is 0. The first-order valence-corrected chi connectivity index (χ1v) is 13.0. The molecule has 2 heteroatoms. The molecule has 4 aliphatic carbocycles. The zero-order valence-corrected chi connectivity index (χ0v) is 20.5. The minimum absolute atomic E-state index is 0.232. The number of rotatable bonds is 6. The first-order valence-electron chi connectivity index (χ1n) is 13.0. The maximum Gasteiger partial charge on any atom is 0.159 e. The van der Waals surface area contributed by atoms with E-state index < -0.39 is 0 Å². The fraction of sp³-hybridized carbons (Fsp3) is 0.893. The van der Waals surface area contributed by atoms with Gasteiger partial charge in [0.15, 0.2) is 5.78 Å². The maximum atomic E-state index is 13.5. The number of ketones is 1. The molecule has 0 heterocycles. The highest BCUT2D eigenvalue weighted by atomic mass is 16.5. The van der Waals surface area contributed by atoms with E-state index in [0.29, 0.717) is 29.1 Å². The van der Waals surface area contributed by atoms with Crippen LogP contribution in [-0.4, -0.2) is 19.0 Å². The summed E-state index contributed by atoms with van der Waals surface area (Å²) < 4.78 is 5.68. The van der Waals surface area contributed by atoms with Crippen LogP contribution in [0.4, 0.5) is 0 Å². The second kappa shape index (κ2) is 8.38. The van der Waals surface area contributed by atoms with Crippen molar-refractivity contribution < 1.29 is 9.53 Å². The monoisotopic (exact) mass is 414 g/mol. The van der Waals surface area contributed by atoms with Crippen LogP contribution in [-0.2, 0) is 9.53 Å². The number of allylic oxidation sites excluding steroid dienone is 1. The summed E-state index contributed by atoms with van der Waals surface area (Å²) in [7, 11) is 1.83. The van der Waals surface area contributed by atoms with Crippen LogP contribution in [0.3, 0.4) is 0 Å². The summed E-state index contributed by atoms with van der Waals surface area (Å²) in [5.41, 5.74) is 2.02. The van der Waals surface area contributed by atoms with Gasteiger partial charge in [0.05, 0.1) is 6.10 Å². The minimum Gasteiger partial charge on any atom is -0.381 e. The van der Waals surface area contributed by atoms with Crippen molar-refractivity contribution >= 4 is 5.78 Å². The molecule has 8 atom stereocenters. The van der Waals surface area contributed by atoms with Gasteiger partial charge in [0.2, 0.25) is 0 Å². The molecule has 0 bridgehead atoms. The Balaban J connectivity index is 1.54. The fourth-order valence-corrected chi connectivity index (χ4v) is 8.59. The molecule has 0 unspecified atom stereocenters. The van der Waals surface area contributed by atoms with Gasteiger partial charge in [-0.15, -0.1) is 0 Å². The topological polar surface area (TPSA) is 26.3 Å². The number of fused-ring (bicyclic) bond motifs is 5. The van der Waals surface area contributed by atoms with Gasteiger partial charge in [-0.1, -0.05) is 59.5 Å². The van der Waals surface area contributed by atoms with Gasteiger partial charge in [0.25, 0.3) is 0 Å². The Hall–Kier alpha value is -0.630. The second-order valence-corrected chi connectivity index (χ2v) is 12.4. The van der Waals surface area contributed by atoms with E-state index in [-0.39, 0.29) is 11.3 Å². The van der Waals surface area contributed by atoms with Gasteiger partial charge in [-0.2, -0.15) is 0 Å². The van der Waals surface area contributed by atoms with E-state index in [1.54, 1.807) is 0 Å². The number of carbonyl (C=O) groups is 1. The molecular weight excluding hydrogens is 368 g/mol. The third-order valence-electron chi connectivity index (χ3n) is 10.4. The molecule has 0 aliphatic heterocycles. The molecule has 4 rings (SSSR count). The van der Waals surface area contributed by atoms with E-state index in [2.05, 4.69) is 40.7 Å². The van der Waals surface area contributed by atoms with Crippen molar-refractivity contribution in [2.45, 2.75) is 105 Å². The molecule has 3 saturated carbocycles. The number of methoxy groups -OCH3 is 1. The smallest absolute Gasteiger partial charge is 0.159 e. The molecule has 0 aromatic rings. The average Bonchev–Trinajstić information content (AvgIpc) is 3.05. The van der Waals surface area contributed by atoms with E-state index >= 15 is 0 Å². The maximum absolute atomic E-state index is 13.5. The second-order valence-electron chi connectivity index (χ2n) is 12.4. The first kappa shape index (κ1) is 22.6. The van der Waals surface area contributed by atoms with Crippen molar-refractivity contribution in [2.75, 3.05) is 7.11 Å². The van der Waals surface area contributed by atoms with Gasteiger partial charge >= 0.3 is 0 Å². The summed E-state index contributed by atoms with van der Waals surface area (Å²) in [5, 5.41) is 0. The van der Waals surface area contributed by atoms with Crippen LogP contribution in [0.5, 0.6) is 0 Å². The Morgan fingerprint density at radius 2 is 1.80 bits per heavy atom.